The minimum absolute atomic E-state index is 0.181. The maximum Gasteiger partial charge on any atom is 0.241 e. The Morgan fingerprint density at radius 3 is 2.84 bits per heavy atom. The molecule has 0 spiro atoms. The van der Waals surface area contributed by atoms with E-state index < -0.39 is 6.04 Å². The molecule has 106 valence electrons. The molecule has 1 rings (SSSR count). The van der Waals surface area contributed by atoms with Crippen LogP contribution in [0.5, 0.6) is 0 Å². The largest absolute Gasteiger partial charge is 0.385 e. The average molecular weight is 265 g/mol. The highest BCUT2D eigenvalue weighted by Crippen LogP contribution is 2.12. The first kappa shape index (κ1) is 15.6. The average Bonchev–Trinajstić information content (AvgIpc) is 2.35. The number of carbonyl (C=O) groups is 1. The van der Waals surface area contributed by atoms with Gasteiger partial charge in [-0.05, 0) is 38.2 Å². The lowest BCUT2D eigenvalue weighted by Crippen LogP contribution is -2.36. The number of hydrogen-bond acceptors (Lipinski definition) is 4. The first-order valence-corrected chi connectivity index (χ1v) is 6.32. The van der Waals surface area contributed by atoms with Crippen LogP contribution in [0.25, 0.3) is 0 Å². The Bertz CT molecular complexity index is 407. The zero-order valence-electron chi connectivity index (χ0n) is 11.8. The maximum atomic E-state index is 11.8. The lowest BCUT2D eigenvalue weighted by atomic mass is 10.1. The van der Waals surface area contributed by atoms with Crippen molar-refractivity contribution >= 4 is 11.6 Å². The highest BCUT2D eigenvalue weighted by atomic mass is 16.5. The fourth-order valence-electron chi connectivity index (χ4n) is 1.72. The predicted octanol–water partition coefficient (Wildman–Crippen LogP) is 1.05. The molecule has 0 saturated carbocycles. The quantitative estimate of drug-likeness (QED) is 0.773. The van der Waals surface area contributed by atoms with Crippen LogP contribution in [0.3, 0.4) is 0 Å². The van der Waals surface area contributed by atoms with Gasteiger partial charge in [-0.1, -0.05) is 12.1 Å². The molecule has 1 atom stereocenters. The van der Waals surface area contributed by atoms with E-state index in [9.17, 15) is 4.79 Å². The monoisotopic (exact) mass is 265 g/mol. The standard InChI is InChI=1S/C14H23N3O2/c1-17(2)10-11-5-4-6-12(9-11)16-14(18)13(15)7-8-19-3/h4-6,9,13H,7-8,10,15H2,1-3H3,(H,16,18). The third-order valence-electron chi connectivity index (χ3n) is 2.66. The van der Waals surface area contributed by atoms with Crippen molar-refractivity contribution in [1.82, 2.24) is 4.90 Å². The van der Waals surface area contributed by atoms with E-state index in [1.54, 1.807) is 7.11 Å². The molecule has 1 aromatic carbocycles. The summed E-state index contributed by atoms with van der Waals surface area (Å²) in [6.45, 7) is 1.31. The molecule has 0 aromatic heterocycles. The van der Waals surface area contributed by atoms with E-state index in [1.807, 2.05) is 38.4 Å². The zero-order chi connectivity index (χ0) is 14.3. The lowest BCUT2D eigenvalue weighted by Gasteiger charge is -2.14. The minimum atomic E-state index is -0.544. The second kappa shape index (κ2) is 7.89. The molecule has 0 aliphatic carbocycles. The van der Waals surface area contributed by atoms with Gasteiger partial charge in [-0.2, -0.15) is 0 Å². The van der Waals surface area contributed by atoms with E-state index in [1.165, 1.54) is 0 Å². The van der Waals surface area contributed by atoms with E-state index >= 15 is 0 Å². The smallest absolute Gasteiger partial charge is 0.241 e. The van der Waals surface area contributed by atoms with Gasteiger partial charge in [0.2, 0.25) is 5.91 Å². The third kappa shape index (κ3) is 5.83. The summed E-state index contributed by atoms with van der Waals surface area (Å²) in [6.07, 6.45) is 0.514. The molecule has 3 N–H and O–H groups in total. The van der Waals surface area contributed by atoms with Crippen molar-refractivity contribution in [3.05, 3.63) is 29.8 Å². The number of carbonyl (C=O) groups excluding carboxylic acids is 1. The Morgan fingerprint density at radius 2 is 2.21 bits per heavy atom. The van der Waals surface area contributed by atoms with E-state index in [0.717, 1.165) is 17.8 Å². The molecule has 19 heavy (non-hydrogen) atoms. The number of methoxy groups -OCH3 is 1. The van der Waals surface area contributed by atoms with Gasteiger partial charge in [0.05, 0.1) is 6.04 Å². The first-order chi connectivity index (χ1) is 9.02. The fourth-order valence-corrected chi connectivity index (χ4v) is 1.72. The highest BCUT2D eigenvalue weighted by Gasteiger charge is 2.13. The number of anilines is 1. The molecule has 0 aliphatic rings. The van der Waals surface area contributed by atoms with Crippen LogP contribution in [-0.2, 0) is 16.1 Å². The molecule has 1 aromatic rings. The van der Waals surface area contributed by atoms with E-state index in [2.05, 4.69) is 10.2 Å². The van der Waals surface area contributed by atoms with Gasteiger partial charge in [0.1, 0.15) is 0 Å². The van der Waals surface area contributed by atoms with Gasteiger partial charge in [-0.3, -0.25) is 4.79 Å². The van der Waals surface area contributed by atoms with Crippen molar-refractivity contribution < 1.29 is 9.53 Å². The van der Waals surface area contributed by atoms with Crippen LogP contribution < -0.4 is 11.1 Å². The summed E-state index contributed by atoms with van der Waals surface area (Å²) in [6, 6.07) is 7.23. The Morgan fingerprint density at radius 1 is 1.47 bits per heavy atom. The topological polar surface area (TPSA) is 67.6 Å². The molecule has 0 bridgehead atoms. The van der Waals surface area contributed by atoms with Gasteiger partial charge in [0, 0.05) is 25.9 Å². The van der Waals surface area contributed by atoms with Crippen LogP contribution in [-0.4, -0.2) is 44.7 Å². The van der Waals surface area contributed by atoms with Gasteiger partial charge >= 0.3 is 0 Å². The molecule has 0 saturated heterocycles. The molecular weight excluding hydrogens is 242 g/mol. The van der Waals surface area contributed by atoms with Crippen molar-refractivity contribution in [3.63, 3.8) is 0 Å². The van der Waals surface area contributed by atoms with Crippen molar-refractivity contribution in [2.45, 2.75) is 19.0 Å². The number of hydrogen-bond donors (Lipinski definition) is 2. The van der Waals surface area contributed by atoms with Crippen LogP contribution in [0, 0.1) is 0 Å². The summed E-state index contributed by atoms with van der Waals surface area (Å²) < 4.78 is 4.91. The van der Waals surface area contributed by atoms with Crippen LogP contribution in [0.1, 0.15) is 12.0 Å². The Kier molecular flexibility index (Phi) is 6.49. The molecule has 5 heteroatoms. The molecule has 0 aliphatic heterocycles. The maximum absolute atomic E-state index is 11.8. The SMILES string of the molecule is COCCC(N)C(=O)Nc1cccc(CN(C)C)c1. The van der Waals surface area contributed by atoms with Crippen molar-refractivity contribution in [1.29, 1.82) is 0 Å². The van der Waals surface area contributed by atoms with Gasteiger partial charge in [-0.15, -0.1) is 0 Å². The number of ether oxygens (including phenoxy) is 1. The summed E-state index contributed by atoms with van der Waals surface area (Å²) >= 11 is 0. The fraction of sp³-hybridized carbons (Fsp3) is 0.500. The van der Waals surface area contributed by atoms with Crippen LogP contribution in [0.4, 0.5) is 5.69 Å². The molecule has 0 fully saturated rings. The molecule has 5 nitrogen and oxygen atoms in total. The zero-order valence-corrected chi connectivity index (χ0v) is 11.8. The van der Waals surface area contributed by atoms with Gasteiger partial charge in [-0.25, -0.2) is 0 Å². The van der Waals surface area contributed by atoms with Crippen LogP contribution in [0.15, 0.2) is 24.3 Å². The second-order valence-electron chi connectivity index (χ2n) is 4.82. The Labute approximate surface area is 114 Å². The third-order valence-corrected chi connectivity index (χ3v) is 2.66. The number of rotatable bonds is 7. The van der Waals surface area contributed by atoms with Crippen molar-refractivity contribution in [3.8, 4) is 0 Å². The predicted molar refractivity (Wildman–Crippen MR) is 76.9 cm³/mol. The summed E-state index contributed by atoms with van der Waals surface area (Å²) in [5.74, 6) is -0.181. The summed E-state index contributed by atoms with van der Waals surface area (Å²) in [5.41, 5.74) is 7.69. The summed E-state index contributed by atoms with van der Waals surface area (Å²) in [5, 5.41) is 2.83. The lowest BCUT2D eigenvalue weighted by molar-refractivity contribution is -0.117. The normalized spacial score (nSPS) is 12.5. The van der Waals surface area contributed by atoms with E-state index in [0.29, 0.717) is 13.0 Å². The number of benzene rings is 1. The summed E-state index contributed by atoms with van der Waals surface area (Å²) in [7, 11) is 5.60. The van der Waals surface area contributed by atoms with Crippen molar-refractivity contribution in [2.24, 2.45) is 5.73 Å². The van der Waals surface area contributed by atoms with E-state index in [4.69, 9.17) is 10.5 Å². The van der Waals surface area contributed by atoms with E-state index in [-0.39, 0.29) is 5.91 Å². The Balaban J connectivity index is 2.58. The van der Waals surface area contributed by atoms with Gasteiger partial charge < -0.3 is 20.7 Å². The second-order valence-corrected chi connectivity index (χ2v) is 4.82. The number of nitrogens with one attached hydrogen (secondary N) is 1. The van der Waals surface area contributed by atoms with Gasteiger partial charge in [0.25, 0.3) is 0 Å². The first-order valence-electron chi connectivity index (χ1n) is 6.32. The van der Waals surface area contributed by atoms with Crippen LogP contribution >= 0.6 is 0 Å². The Hall–Kier alpha value is -1.43. The molecule has 0 heterocycles. The van der Waals surface area contributed by atoms with Gasteiger partial charge in [0.15, 0.2) is 0 Å². The molecule has 0 radical (unpaired) electrons. The highest BCUT2D eigenvalue weighted by molar-refractivity contribution is 5.94. The number of nitrogens with two attached hydrogens (primary N) is 1. The van der Waals surface area contributed by atoms with Crippen molar-refractivity contribution in [2.75, 3.05) is 33.1 Å². The molecule has 1 unspecified atom stereocenters. The van der Waals surface area contributed by atoms with Crippen LogP contribution in [0.2, 0.25) is 0 Å². The number of nitrogens with zero attached hydrogens (tertiary/aromatic N) is 1. The number of amides is 1. The summed E-state index contributed by atoms with van der Waals surface area (Å²) in [4.78, 5) is 13.9. The molecule has 1 amide bonds. The molecular formula is C14H23N3O2. The minimum Gasteiger partial charge on any atom is -0.385 e.